The van der Waals surface area contributed by atoms with E-state index in [4.69, 9.17) is 5.11 Å². The fraction of sp³-hybridized carbons (Fsp3) is 0.417. The molecule has 1 aromatic rings. The minimum Gasteiger partial charge on any atom is -0.394 e. The van der Waals surface area contributed by atoms with Gasteiger partial charge in [0.2, 0.25) is 5.91 Å². The molecule has 3 nitrogen and oxygen atoms in total. The number of amides is 1. The van der Waals surface area contributed by atoms with Crippen molar-refractivity contribution in [1.82, 2.24) is 5.32 Å². The maximum Gasteiger partial charge on any atom is 0.230 e. The molecule has 0 heterocycles. The molecule has 2 N–H and O–H groups in total. The van der Waals surface area contributed by atoms with E-state index in [1.54, 1.807) is 0 Å². The van der Waals surface area contributed by atoms with E-state index in [2.05, 4.69) is 5.32 Å². The van der Waals surface area contributed by atoms with Gasteiger partial charge in [-0.3, -0.25) is 4.79 Å². The van der Waals surface area contributed by atoms with Gasteiger partial charge >= 0.3 is 0 Å². The van der Waals surface area contributed by atoms with Gasteiger partial charge in [-0.15, -0.1) is 11.8 Å². The molecule has 0 radical (unpaired) electrons. The van der Waals surface area contributed by atoms with Crippen molar-refractivity contribution in [3.05, 3.63) is 30.3 Å². The van der Waals surface area contributed by atoms with E-state index in [1.165, 1.54) is 11.8 Å². The molecular formula is C12H15NO2S. The second kappa shape index (κ2) is 4.89. The van der Waals surface area contributed by atoms with Gasteiger partial charge in [-0.25, -0.2) is 0 Å². The second-order valence-corrected chi connectivity index (χ2v) is 5.14. The molecule has 1 aromatic carbocycles. The van der Waals surface area contributed by atoms with Gasteiger partial charge in [-0.2, -0.15) is 0 Å². The third kappa shape index (κ3) is 3.00. The highest BCUT2D eigenvalue weighted by atomic mass is 32.2. The number of rotatable bonds is 5. The predicted octanol–water partition coefficient (Wildman–Crippen LogP) is 1.42. The van der Waals surface area contributed by atoms with Crippen LogP contribution in [0.4, 0.5) is 0 Å². The minimum absolute atomic E-state index is 0.000373. The molecule has 1 fully saturated rings. The first-order valence-corrected chi connectivity index (χ1v) is 6.32. The number of nitrogens with one attached hydrogen (secondary N) is 1. The Morgan fingerprint density at radius 2 is 2.06 bits per heavy atom. The molecule has 0 unspecified atom stereocenters. The van der Waals surface area contributed by atoms with Crippen molar-refractivity contribution in [3.8, 4) is 0 Å². The van der Waals surface area contributed by atoms with Crippen LogP contribution in [-0.2, 0) is 4.79 Å². The number of aliphatic hydroxyl groups is 1. The highest BCUT2D eigenvalue weighted by Gasteiger charge is 2.43. The normalized spacial score (nSPS) is 16.8. The summed E-state index contributed by atoms with van der Waals surface area (Å²) in [5, 5.41) is 11.9. The van der Waals surface area contributed by atoms with Crippen LogP contribution in [-0.4, -0.2) is 28.9 Å². The van der Waals surface area contributed by atoms with Gasteiger partial charge in [0.25, 0.3) is 0 Å². The lowest BCUT2D eigenvalue weighted by atomic mass is 10.3. The maximum atomic E-state index is 11.6. The summed E-state index contributed by atoms with van der Waals surface area (Å²) in [6.07, 6.45) is 1.79. The van der Waals surface area contributed by atoms with Gasteiger partial charge in [0, 0.05) is 4.90 Å². The van der Waals surface area contributed by atoms with Crippen LogP contribution in [0.25, 0.3) is 0 Å². The first-order chi connectivity index (χ1) is 7.74. The average molecular weight is 237 g/mol. The van der Waals surface area contributed by atoms with Gasteiger partial charge < -0.3 is 10.4 Å². The SMILES string of the molecule is O=C(CSc1ccccc1)NC1(CO)CC1. The molecule has 1 saturated carbocycles. The zero-order chi connectivity index (χ0) is 11.4. The van der Waals surface area contributed by atoms with E-state index in [0.717, 1.165) is 17.7 Å². The molecule has 0 atom stereocenters. The summed E-state index contributed by atoms with van der Waals surface area (Å²) in [5.41, 5.74) is -0.297. The molecule has 0 bridgehead atoms. The van der Waals surface area contributed by atoms with Crippen molar-refractivity contribution < 1.29 is 9.90 Å². The Kier molecular flexibility index (Phi) is 3.51. The zero-order valence-corrected chi connectivity index (χ0v) is 9.80. The summed E-state index contributed by atoms with van der Waals surface area (Å²) in [5.74, 6) is 0.409. The predicted molar refractivity (Wildman–Crippen MR) is 64.4 cm³/mol. The number of thioether (sulfide) groups is 1. The number of hydrogen-bond acceptors (Lipinski definition) is 3. The van der Waals surface area contributed by atoms with Crippen LogP contribution >= 0.6 is 11.8 Å². The number of benzene rings is 1. The van der Waals surface area contributed by atoms with Gasteiger partial charge in [-0.05, 0) is 25.0 Å². The monoisotopic (exact) mass is 237 g/mol. The largest absolute Gasteiger partial charge is 0.394 e. The molecule has 86 valence electrons. The Hall–Kier alpha value is -1.00. The first-order valence-electron chi connectivity index (χ1n) is 5.34. The lowest BCUT2D eigenvalue weighted by Crippen LogP contribution is -2.40. The Morgan fingerprint density at radius 1 is 1.38 bits per heavy atom. The molecule has 0 spiro atoms. The van der Waals surface area contributed by atoms with Crippen LogP contribution in [0.5, 0.6) is 0 Å². The van der Waals surface area contributed by atoms with Crippen LogP contribution < -0.4 is 5.32 Å². The van der Waals surface area contributed by atoms with Gasteiger partial charge in [0.15, 0.2) is 0 Å². The van der Waals surface area contributed by atoms with Crippen LogP contribution in [0.1, 0.15) is 12.8 Å². The molecule has 1 aliphatic carbocycles. The molecule has 1 amide bonds. The van der Waals surface area contributed by atoms with Gasteiger partial charge in [0.1, 0.15) is 0 Å². The van der Waals surface area contributed by atoms with Crippen molar-refractivity contribution in [2.24, 2.45) is 0 Å². The first kappa shape index (κ1) is 11.5. The summed E-state index contributed by atoms with van der Waals surface area (Å²) in [4.78, 5) is 12.7. The molecular weight excluding hydrogens is 222 g/mol. The second-order valence-electron chi connectivity index (χ2n) is 4.09. The van der Waals surface area contributed by atoms with Crippen LogP contribution in [0.2, 0.25) is 0 Å². The Bertz CT molecular complexity index is 363. The Morgan fingerprint density at radius 3 is 2.62 bits per heavy atom. The Balaban J connectivity index is 1.76. The van der Waals surface area contributed by atoms with Crippen LogP contribution in [0.15, 0.2) is 35.2 Å². The zero-order valence-electron chi connectivity index (χ0n) is 8.98. The van der Waals surface area contributed by atoms with Crippen molar-refractivity contribution in [2.75, 3.05) is 12.4 Å². The molecule has 0 aromatic heterocycles. The van der Waals surface area contributed by atoms with Gasteiger partial charge in [-0.1, -0.05) is 18.2 Å². The fourth-order valence-electron chi connectivity index (χ4n) is 1.47. The third-order valence-electron chi connectivity index (χ3n) is 2.67. The lowest BCUT2D eigenvalue weighted by molar-refractivity contribution is -0.119. The van der Waals surface area contributed by atoms with E-state index in [9.17, 15) is 4.79 Å². The van der Waals surface area contributed by atoms with E-state index < -0.39 is 0 Å². The highest BCUT2D eigenvalue weighted by Crippen LogP contribution is 2.34. The van der Waals surface area contributed by atoms with E-state index in [1.807, 2.05) is 30.3 Å². The quantitative estimate of drug-likeness (QED) is 0.761. The number of aliphatic hydroxyl groups excluding tert-OH is 1. The summed E-state index contributed by atoms with van der Waals surface area (Å²) < 4.78 is 0. The van der Waals surface area contributed by atoms with E-state index in [-0.39, 0.29) is 18.1 Å². The topological polar surface area (TPSA) is 49.3 Å². The summed E-state index contributed by atoms with van der Waals surface area (Å²) in [6.45, 7) is 0.0503. The van der Waals surface area contributed by atoms with Crippen LogP contribution in [0.3, 0.4) is 0 Å². The molecule has 2 rings (SSSR count). The van der Waals surface area contributed by atoms with Crippen molar-refractivity contribution in [2.45, 2.75) is 23.3 Å². The number of hydrogen-bond donors (Lipinski definition) is 2. The fourth-order valence-corrected chi connectivity index (χ4v) is 2.19. The van der Waals surface area contributed by atoms with Crippen molar-refractivity contribution in [1.29, 1.82) is 0 Å². The maximum absolute atomic E-state index is 11.6. The van der Waals surface area contributed by atoms with Crippen molar-refractivity contribution in [3.63, 3.8) is 0 Å². The minimum atomic E-state index is -0.297. The standard InChI is InChI=1S/C12H15NO2S/c14-9-12(6-7-12)13-11(15)8-16-10-4-2-1-3-5-10/h1-5,14H,6-9H2,(H,13,15). The highest BCUT2D eigenvalue weighted by molar-refractivity contribution is 8.00. The van der Waals surface area contributed by atoms with Gasteiger partial charge in [0.05, 0.1) is 17.9 Å². The van der Waals surface area contributed by atoms with E-state index >= 15 is 0 Å². The van der Waals surface area contributed by atoms with E-state index in [0.29, 0.717) is 5.75 Å². The summed E-state index contributed by atoms with van der Waals surface area (Å²) in [6, 6.07) is 9.83. The summed E-state index contributed by atoms with van der Waals surface area (Å²) in [7, 11) is 0. The van der Waals surface area contributed by atoms with Crippen molar-refractivity contribution >= 4 is 17.7 Å². The smallest absolute Gasteiger partial charge is 0.230 e. The van der Waals surface area contributed by atoms with Crippen LogP contribution in [0, 0.1) is 0 Å². The average Bonchev–Trinajstić information content (AvgIpc) is 3.08. The number of carbonyl (C=O) groups is 1. The summed E-state index contributed by atoms with van der Waals surface area (Å²) >= 11 is 1.51. The lowest BCUT2D eigenvalue weighted by Gasteiger charge is -2.13. The molecule has 4 heteroatoms. The molecule has 0 aliphatic heterocycles. The molecule has 1 aliphatic rings. The molecule has 16 heavy (non-hydrogen) atoms. The Labute approximate surface area is 99.2 Å². The number of carbonyl (C=O) groups excluding carboxylic acids is 1. The third-order valence-corrected chi connectivity index (χ3v) is 3.69. The molecule has 0 saturated heterocycles.